The first-order valence-corrected chi connectivity index (χ1v) is 6.66. The third-order valence-electron chi connectivity index (χ3n) is 2.88. The first kappa shape index (κ1) is 14.5. The SMILES string of the molecule is O=C(O)c1ccc(CNCCc2ccc(Cl)cc2)nc1. The molecule has 5 heteroatoms. The number of halogens is 1. The lowest BCUT2D eigenvalue weighted by atomic mass is 10.1. The molecular formula is C15H15ClN2O2. The largest absolute Gasteiger partial charge is 0.478 e. The van der Waals surface area contributed by atoms with Gasteiger partial charge in [-0.05, 0) is 42.8 Å². The summed E-state index contributed by atoms with van der Waals surface area (Å²) in [5, 5.41) is 12.8. The van der Waals surface area contributed by atoms with Crippen molar-refractivity contribution in [2.24, 2.45) is 0 Å². The van der Waals surface area contributed by atoms with Crippen LogP contribution in [0, 0.1) is 0 Å². The van der Waals surface area contributed by atoms with E-state index in [4.69, 9.17) is 16.7 Å². The van der Waals surface area contributed by atoms with Crippen LogP contribution in [0.25, 0.3) is 0 Å². The number of nitrogens with one attached hydrogen (secondary N) is 1. The Balaban J connectivity index is 1.75. The van der Waals surface area contributed by atoms with Gasteiger partial charge in [0.05, 0.1) is 11.3 Å². The molecule has 104 valence electrons. The van der Waals surface area contributed by atoms with Crippen molar-refractivity contribution >= 4 is 17.6 Å². The lowest BCUT2D eigenvalue weighted by Gasteiger charge is -2.05. The van der Waals surface area contributed by atoms with Crippen LogP contribution < -0.4 is 5.32 Å². The van der Waals surface area contributed by atoms with Crippen LogP contribution in [0.1, 0.15) is 21.6 Å². The van der Waals surface area contributed by atoms with Crippen LogP contribution in [0.15, 0.2) is 42.6 Å². The van der Waals surface area contributed by atoms with Crippen LogP contribution in [-0.2, 0) is 13.0 Å². The molecule has 0 saturated heterocycles. The van der Waals surface area contributed by atoms with Crippen LogP contribution in [0.5, 0.6) is 0 Å². The average molecular weight is 291 g/mol. The molecule has 2 N–H and O–H groups in total. The minimum Gasteiger partial charge on any atom is -0.478 e. The highest BCUT2D eigenvalue weighted by Gasteiger charge is 2.02. The first-order valence-electron chi connectivity index (χ1n) is 6.28. The zero-order valence-electron chi connectivity index (χ0n) is 10.8. The van der Waals surface area contributed by atoms with Gasteiger partial charge < -0.3 is 10.4 Å². The lowest BCUT2D eigenvalue weighted by Crippen LogP contribution is -2.17. The van der Waals surface area contributed by atoms with Crippen LogP contribution >= 0.6 is 11.6 Å². The highest BCUT2D eigenvalue weighted by Crippen LogP contribution is 2.09. The third kappa shape index (κ3) is 4.33. The summed E-state index contributed by atoms with van der Waals surface area (Å²) in [5.41, 5.74) is 2.25. The normalized spacial score (nSPS) is 10.4. The molecule has 0 aliphatic heterocycles. The quantitative estimate of drug-likeness (QED) is 0.803. The summed E-state index contributed by atoms with van der Waals surface area (Å²) in [7, 11) is 0. The number of rotatable bonds is 6. The van der Waals surface area contributed by atoms with Gasteiger partial charge in [-0.15, -0.1) is 0 Å². The minimum atomic E-state index is -0.959. The van der Waals surface area contributed by atoms with Crippen molar-refractivity contribution in [1.29, 1.82) is 0 Å². The van der Waals surface area contributed by atoms with E-state index in [1.54, 1.807) is 12.1 Å². The second-order valence-electron chi connectivity index (χ2n) is 4.40. The predicted octanol–water partition coefficient (Wildman–Crippen LogP) is 2.77. The molecule has 1 aromatic carbocycles. The number of benzene rings is 1. The number of carbonyl (C=O) groups is 1. The van der Waals surface area contributed by atoms with E-state index in [-0.39, 0.29) is 5.56 Å². The monoisotopic (exact) mass is 290 g/mol. The molecule has 0 spiro atoms. The molecule has 4 nitrogen and oxygen atoms in total. The van der Waals surface area contributed by atoms with Gasteiger partial charge in [0.15, 0.2) is 0 Å². The Kier molecular flexibility index (Phi) is 5.09. The second kappa shape index (κ2) is 7.03. The van der Waals surface area contributed by atoms with E-state index in [0.29, 0.717) is 6.54 Å². The van der Waals surface area contributed by atoms with Gasteiger partial charge >= 0.3 is 5.97 Å². The first-order chi connectivity index (χ1) is 9.65. The van der Waals surface area contributed by atoms with Crippen LogP contribution in [0.2, 0.25) is 5.02 Å². The molecule has 0 saturated carbocycles. The van der Waals surface area contributed by atoms with E-state index < -0.39 is 5.97 Å². The Morgan fingerprint density at radius 2 is 1.95 bits per heavy atom. The van der Waals surface area contributed by atoms with E-state index in [0.717, 1.165) is 23.7 Å². The summed E-state index contributed by atoms with van der Waals surface area (Å²) in [6, 6.07) is 11.0. The van der Waals surface area contributed by atoms with Crippen molar-refractivity contribution < 1.29 is 9.90 Å². The minimum absolute atomic E-state index is 0.204. The number of pyridine rings is 1. The summed E-state index contributed by atoms with van der Waals surface area (Å²) in [5.74, 6) is -0.959. The van der Waals surface area contributed by atoms with Crippen molar-refractivity contribution in [2.75, 3.05) is 6.54 Å². The van der Waals surface area contributed by atoms with Gasteiger partial charge in [-0.25, -0.2) is 4.79 Å². The Morgan fingerprint density at radius 1 is 1.20 bits per heavy atom. The number of nitrogens with zero attached hydrogens (tertiary/aromatic N) is 1. The maximum absolute atomic E-state index is 10.7. The molecule has 0 aliphatic rings. The fourth-order valence-corrected chi connectivity index (χ4v) is 1.88. The summed E-state index contributed by atoms with van der Waals surface area (Å²) in [6.07, 6.45) is 2.28. The van der Waals surface area contributed by atoms with Crippen molar-refractivity contribution in [2.45, 2.75) is 13.0 Å². The zero-order valence-corrected chi connectivity index (χ0v) is 11.6. The van der Waals surface area contributed by atoms with Crippen LogP contribution in [-0.4, -0.2) is 22.6 Å². The molecule has 0 aliphatic carbocycles. The molecular weight excluding hydrogens is 276 g/mol. The topological polar surface area (TPSA) is 62.2 Å². The number of hydrogen-bond acceptors (Lipinski definition) is 3. The van der Waals surface area contributed by atoms with Crippen molar-refractivity contribution in [3.05, 3.63) is 64.4 Å². The molecule has 0 bridgehead atoms. The number of aromatic carboxylic acids is 1. The highest BCUT2D eigenvalue weighted by molar-refractivity contribution is 6.30. The van der Waals surface area contributed by atoms with E-state index in [2.05, 4.69) is 10.3 Å². The number of aromatic nitrogens is 1. The number of carboxylic acid groups (broad SMARTS) is 1. The number of carboxylic acids is 1. The van der Waals surface area contributed by atoms with E-state index in [1.807, 2.05) is 24.3 Å². The van der Waals surface area contributed by atoms with Gasteiger partial charge in [0.2, 0.25) is 0 Å². The Morgan fingerprint density at radius 3 is 2.55 bits per heavy atom. The van der Waals surface area contributed by atoms with E-state index >= 15 is 0 Å². The smallest absolute Gasteiger partial charge is 0.337 e. The van der Waals surface area contributed by atoms with Crippen LogP contribution in [0.4, 0.5) is 0 Å². The molecule has 2 aromatic rings. The fourth-order valence-electron chi connectivity index (χ4n) is 1.76. The average Bonchev–Trinajstić information content (AvgIpc) is 2.46. The number of hydrogen-bond donors (Lipinski definition) is 2. The molecule has 0 unspecified atom stereocenters. The van der Waals surface area contributed by atoms with Crippen molar-refractivity contribution in [3.63, 3.8) is 0 Å². The van der Waals surface area contributed by atoms with Gasteiger partial charge in [0, 0.05) is 17.8 Å². The third-order valence-corrected chi connectivity index (χ3v) is 3.13. The summed E-state index contributed by atoms with van der Waals surface area (Å²) >= 11 is 5.82. The predicted molar refractivity (Wildman–Crippen MR) is 78.1 cm³/mol. The van der Waals surface area contributed by atoms with Crippen molar-refractivity contribution in [1.82, 2.24) is 10.3 Å². The molecule has 2 rings (SSSR count). The van der Waals surface area contributed by atoms with E-state index in [9.17, 15) is 4.79 Å². The van der Waals surface area contributed by atoms with Gasteiger partial charge in [-0.3, -0.25) is 4.98 Å². The zero-order chi connectivity index (χ0) is 14.4. The second-order valence-corrected chi connectivity index (χ2v) is 4.83. The Hall–Kier alpha value is -1.91. The van der Waals surface area contributed by atoms with Crippen molar-refractivity contribution in [3.8, 4) is 0 Å². The van der Waals surface area contributed by atoms with Gasteiger partial charge in [0.25, 0.3) is 0 Å². The highest BCUT2D eigenvalue weighted by atomic mass is 35.5. The van der Waals surface area contributed by atoms with Gasteiger partial charge in [0.1, 0.15) is 0 Å². The molecule has 0 amide bonds. The Labute approximate surface area is 122 Å². The fraction of sp³-hybridized carbons (Fsp3) is 0.200. The molecule has 1 aromatic heterocycles. The summed E-state index contributed by atoms with van der Waals surface area (Å²) in [6.45, 7) is 1.44. The van der Waals surface area contributed by atoms with E-state index in [1.165, 1.54) is 11.8 Å². The molecule has 0 atom stereocenters. The lowest BCUT2D eigenvalue weighted by molar-refractivity contribution is 0.0696. The molecule has 0 fully saturated rings. The summed E-state index contributed by atoms with van der Waals surface area (Å²) in [4.78, 5) is 14.8. The van der Waals surface area contributed by atoms with Gasteiger partial charge in [-0.2, -0.15) is 0 Å². The molecule has 0 radical (unpaired) electrons. The molecule has 20 heavy (non-hydrogen) atoms. The molecule has 1 heterocycles. The Bertz CT molecular complexity index is 567. The van der Waals surface area contributed by atoms with Gasteiger partial charge in [-0.1, -0.05) is 23.7 Å². The van der Waals surface area contributed by atoms with Crippen LogP contribution in [0.3, 0.4) is 0 Å². The summed E-state index contributed by atoms with van der Waals surface area (Å²) < 4.78 is 0. The maximum Gasteiger partial charge on any atom is 0.337 e. The maximum atomic E-state index is 10.7. The standard InChI is InChI=1S/C15H15ClN2O2/c16-13-4-1-11(2-5-13)7-8-17-10-14-6-3-12(9-18-14)15(19)20/h1-6,9,17H,7-8,10H2,(H,19,20).